The molecule has 2 N–H and O–H groups in total. The van der Waals surface area contributed by atoms with E-state index in [1.165, 1.54) is 12.8 Å². The molecule has 1 aliphatic carbocycles. The highest BCUT2D eigenvalue weighted by Crippen LogP contribution is 2.21. The minimum absolute atomic E-state index is 0.296. The van der Waals surface area contributed by atoms with Gasteiger partial charge in [0.2, 0.25) is 10.0 Å². The summed E-state index contributed by atoms with van der Waals surface area (Å²) in [6, 6.07) is 6.28. The van der Waals surface area contributed by atoms with E-state index >= 15 is 0 Å². The normalized spacial score (nSPS) is 15.8. The molecule has 1 aromatic rings. The van der Waals surface area contributed by atoms with E-state index in [1.807, 2.05) is 32.9 Å². The van der Waals surface area contributed by atoms with Crippen molar-refractivity contribution in [3.8, 4) is 0 Å². The zero-order valence-electron chi connectivity index (χ0n) is 12.4. The zero-order chi connectivity index (χ0) is 14.8. The van der Waals surface area contributed by atoms with E-state index < -0.39 is 10.0 Å². The first-order valence-corrected chi connectivity index (χ1v) is 8.69. The van der Waals surface area contributed by atoms with E-state index in [-0.39, 0.29) is 0 Å². The maximum Gasteiger partial charge on any atom is 0.240 e. The average Bonchev–Trinajstić information content (AvgIpc) is 3.19. The van der Waals surface area contributed by atoms with E-state index in [2.05, 4.69) is 10.0 Å². The van der Waals surface area contributed by atoms with Gasteiger partial charge >= 0.3 is 0 Å². The van der Waals surface area contributed by atoms with E-state index in [4.69, 9.17) is 0 Å². The first-order valence-electron chi connectivity index (χ1n) is 7.21. The largest absolute Gasteiger partial charge is 0.310 e. The van der Waals surface area contributed by atoms with Gasteiger partial charge in [-0.1, -0.05) is 26.0 Å². The summed E-state index contributed by atoms with van der Waals surface area (Å²) in [6.07, 6.45) is 2.46. The molecule has 0 aliphatic heterocycles. The molecule has 0 unspecified atom stereocenters. The summed E-state index contributed by atoms with van der Waals surface area (Å²) < 4.78 is 27.3. The fourth-order valence-corrected chi connectivity index (χ4v) is 3.45. The molecule has 5 heteroatoms. The molecule has 0 aromatic heterocycles. The van der Waals surface area contributed by atoms with Crippen molar-refractivity contribution >= 4 is 10.0 Å². The number of sulfonamides is 1. The summed E-state index contributed by atoms with van der Waals surface area (Å²) in [7, 11) is -3.41. The Balaban J connectivity index is 2.13. The highest BCUT2D eigenvalue weighted by molar-refractivity contribution is 7.89. The van der Waals surface area contributed by atoms with Gasteiger partial charge in [0.25, 0.3) is 0 Å². The van der Waals surface area contributed by atoms with Gasteiger partial charge in [-0.15, -0.1) is 0 Å². The van der Waals surface area contributed by atoms with Crippen LogP contribution >= 0.6 is 0 Å². The lowest BCUT2D eigenvalue weighted by atomic mass is 10.1. The molecule has 0 atom stereocenters. The van der Waals surface area contributed by atoms with Gasteiger partial charge in [0.1, 0.15) is 0 Å². The first kappa shape index (κ1) is 15.5. The standard InChI is InChI=1S/C15H24N2O2S/c1-11(2)9-17-20(18,19)15-8-13(5-4-12(15)3)10-16-14-6-7-14/h4-5,8,11,14,16-17H,6-7,9-10H2,1-3H3. The summed E-state index contributed by atoms with van der Waals surface area (Å²) in [4.78, 5) is 0.397. The van der Waals surface area contributed by atoms with Crippen molar-refractivity contribution in [1.82, 2.24) is 10.0 Å². The van der Waals surface area contributed by atoms with Crippen LogP contribution in [0, 0.1) is 12.8 Å². The fraction of sp³-hybridized carbons (Fsp3) is 0.600. The van der Waals surface area contributed by atoms with E-state index in [0.717, 1.165) is 17.7 Å². The molecular formula is C15H24N2O2S. The van der Waals surface area contributed by atoms with E-state index in [9.17, 15) is 8.42 Å². The molecule has 20 heavy (non-hydrogen) atoms. The van der Waals surface area contributed by atoms with Crippen molar-refractivity contribution in [2.45, 2.75) is 51.1 Å². The summed E-state index contributed by atoms with van der Waals surface area (Å²) in [5.41, 5.74) is 1.81. The molecule has 2 rings (SSSR count). The maximum atomic E-state index is 12.3. The Morgan fingerprint density at radius 3 is 2.60 bits per heavy atom. The molecule has 0 bridgehead atoms. The molecule has 112 valence electrons. The van der Waals surface area contributed by atoms with Crippen molar-refractivity contribution in [3.05, 3.63) is 29.3 Å². The smallest absolute Gasteiger partial charge is 0.240 e. The molecule has 1 saturated carbocycles. The minimum Gasteiger partial charge on any atom is -0.310 e. The van der Waals surface area contributed by atoms with E-state index in [1.54, 1.807) is 6.07 Å². The molecule has 4 nitrogen and oxygen atoms in total. The third-order valence-electron chi connectivity index (χ3n) is 3.40. The van der Waals surface area contributed by atoms with Gasteiger partial charge in [-0.25, -0.2) is 13.1 Å². The van der Waals surface area contributed by atoms with Crippen LogP contribution in [0.25, 0.3) is 0 Å². The van der Waals surface area contributed by atoms with Crippen LogP contribution in [0.2, 0.25) is 0 Å². The quantitative estimate of drug-likeness (QED) is 0.811. The Labute approximate surface area is 122 Å². The Hall–Kier alpha value is -0.910. The van der Waals surface area contributed by atoms with Crippen molar-refractivity contribution in [1.29, 1.82) is 0 Å². The Morgan fingerprint density at radius 1 is 1.30 bits per heavy atom. The zero-order valence-corrected chi connectivity index (χ0v) is 13.3. The van der Waals surface area contributed by atoms with Gasteiger partial charge in [-0.05, 0) is 42.9 Å². The van der Waals surface area contributed by atoms with Crippen LogP contribution in [-0.4, -0.2) is 21.0 Å². The first-order chi connectivity index (χ1) is 9.38. The SMILES string of the molecule is Cc1ccc(CNC2CC2)cc1S(=O)(=O)NCC(C)C. The van der Waals surface area contributed by atoms with Crippen LogP contribution in [0.4, 0.5) is 0 Å². The van der Waals surface area contributed by atoms with Crippen molar-refractivity contribution in [2.24, 2.45) is 5.92 Å². The van der Waals surface area contributed by atoms with Crippen LogP contribution in [0.3, 0.4) is 0 Å². The molecule has 1 fully saturated rings. The van der Waals surface area contributed by atoms with Gasteiger partial charge in [-0.3, -0.25) is 0 Å². The van der Waals surface area contributed by atoms with E-state index in [0.29, 0.717) is 23.4 Å². The predicted molar refractivity (Wildman–Crippen MR) is 81.1 cm³/mol. The number of nitrogens with one attached hydrogen (secondary N) is 2. The Bertz CT molecular complexity index is 563. The molecule has 0 heterocycles. The number of hydrogen-bond donors (Lipinski definition) is 2. The molecular weight excluding hydrogens is 272 g/mol. The number of hydrogen-bond acceptors (Lipinski definition) is 3. The highest BCUT2D eigenvalue weighted by atomic mass is 32.2. The molecule has 1 aromatic carbocycles. The van der Waals surface area contributed by atoms with Crippen molar-refractivity contribution in [2.75, 3.05) is 6.54 Å². The summed E-state index contributed by atoms with van der Waals surface area (Å²) in [5.74, 6) is 0.296. The van der Waals surface area contributed by atoms with Crippen LogP contribution in [0.5, 0.6) is 0 Å². The fourth-order valence-electron chi connectivity index (χ4n) is 1.95. The number of rotatable bonds is 7. The molecule has 0 saturated heterocycles. The Morgan fingerprint density at radius 2 is 2.00 bits per heavy atom. The third-order valence-corrected chi connectivity index (χ3v) is 4.96. The second-order valence-corrected chi connectivity index (χ2v) is 7.74. The third kappa shape index (κ3) is 4.30. The predicted octanol–water partition coefficient (Wildman–Crippen LogP) is 2.18. The van der Waals surface area contributed by atoms with Gasteiger partial charge in [0, 0.05) is 19.1 Å². The lowest BCUT2D eigenvalue weighted by molar-refractivity contribution is 0.559. The lowest BCUT2D eigenvalue weighted by Gasteiger charge is -2.12. The number of aryl methyl sites for hydroxylation is 1. The van der Waals surface area contributed by atoms with Gasteiger partial charge in [0.05, 0.1) is 4.90 Å². The van der Waals surface area contributed by atoms with Crippen LogP contribution in [0.15, 0.2) is 23.1 Å². The minimum atomic E-state index is -3.41. The number of benzene rings is 1. The van der Waals surface area contributed by atoms with Gasteiger partial charge in [-0.2, -0.15) is 0 Å². The maximum absolute atomic E-state index is 12.3. The monoisotopic (exact) mass is 296 g/mol. The molecule has 0 amide bonds. The summed E-state index contributed by atoms with van der Waals surface area (Å²) >= 11 is 0. The van der Waals surface area contributed by atoms with Gasteiger partial charge < -0.3 is 5.32 Å². The average molecular weight is 296 g/mol. The second-order valence-electron chi connectivity index (χ2n) is 6.00. The molecule has 1 aliphatic rings. The van der Waals surface area contributed by atoms with Gasteiger partial charge in [0.15, 0.2) is 0 Å². The molecule has 0 radical (unpaired) electrons. The Kier molecular flexibility index (Phi) is 4.83. The summed E-state index contributed by atoms with van der Waals surface area (Å²) in [6.45, 7) is 7.02. The van der Waals surface area contributed by atoms with Crippen LogP contribution < -0.4 is 10.0 Å². The topological polar surface area (TPSA) is 58.2 Å². The van der Waals surface area contributed by atoms with Crippen molar-refractivity contribution in [3.63, 3.8) is 0 Å². The second kappa shape index (κ2) is 6.24. The lowest BCUT2D eigenvalue weighted by Crippen LogP contribution is -2.28. The summed E-state index contributed by atoms with van der Waals surface area (Å²) in [5, 5.41) is 3.41. The van der Waals surface area contributed by atoms with Crippen molar-refractivity contribution < 1.29 is 8.42 Å². The highest BCUT2D eigenvalue weighted by Gasteiger charge is 2.21. The van der Waals surface area contributed by atoms with Crippen LogP contribution in [0.1, 0.15) is 37.8 Å². The van der Waals surface area contributed by atoms with Crippen LogP contribution in [-0.2, 0) is 16.6 Å². The molecule has 0 spiro atoms.